The molecule has 0 saturated carbocycles. The van der Waals surface area contributed by atoms with Gasteiger partial charge >= 0.3 is 17.3 Å². The number of hydrogen-bond donors (Lipinski definition) is 1. The van der Waals surface area contributed by atoms with Crippen molar-refractivity contribution in [2.45, 2.75) is 20.0 Å². The number of esters is 1. The first-order chi connectivity index (χ1) is 5.93. The molecular weight excluding hydrogens is 196 g/mol. The molecule has 0 spiro atoms. The molecule has 0 saturated heterocycles. The van der Waals surface area contributed by atoms with Crippen molar-refractivity contribution >= 4 is 17.3 Å². The molecule has 6 heteroatoms. The molecule has 5 nitrogen and oxygen atoms in total. The molecule has 2 unspecified atom stereocenters. The minimum absolute atomic E-state index is 0.0714. The van der Waals surface area contributed by atoms with E-state index in [0.717, 1.165) is 0 Å². The van der Waals surface area contributed by atoms with Gasteiger partial charge in [-0.05, 0) is 13.8 Å². The Labute approximate surface area is 79.2 Å². The number of hydrogen-bond acceptors (Lipinski definition) is 4. The fourth-order valence-electron chi connectivity index (χ4n) is 0.485. The van der Waals surface area contributed by atoms with E-state index in [0.29, 0.717) is 0 Å². The lowest BCUT2D eigenvalue weighted by Crippen LogP contribution is -2.20. The minimum atomic E-state index is -2.33. The first kappa shape index (κ1) is 12.3. The zero-order valence-corrected chi connectivity index (χ0v) is 8.30. The molecule has 0 rings (SSSR count). The molecule has 13 heavy (non-hydrogen) atoms. The fourth-order valence-corrected chi connectivity index (χ4v) is 0.821. The van der Waals surface area contributed by atoms with Crippen molar-refractivity contribution in [3.63, 3.8) is 0 Å². The van der Waals surface area contributed by atoms with Gasteiger partial charge in [-0.25, -0.2) is 4.79 Å². The van der Waals surface area contributed by atoms with Gasteiger partial charge in [0, 0.05) is 5.57 Å². The number of carbonyl (C=O) groups excluding carboxylic acids is 1. The standard InChI is InChI=1S/C7H12O5S/c1-5(2)7(8)11-4-6(3)12-13(9)10/h6H,1,4H2,2-3H3,(H,9,10). The quantitative estimate of drug-likeness (QED) is 0.408. The molecule has 0 fully saturated rings. The first-order valence-electron chi connectivity index (χ1n) is 3.54. The summed E-state index contributed by atoms with van der Waals surface area (Å²) in [7, 11) is 0. The van der Waals surface area contributed by atoms with Crippen LogP contribution in [0.5, 0.6) is 0 Å². The first-order valence-corrected chi connectivity index (χ1v) is 4.57. The van der Waals surface area contributed by atoms with Crippen LogP contribution < -0.4 is 0 Å². The maximum Gasteiger partial charge on any atom is 0.333 e. The van der Waals surface area contributed by atoms with Crippen molar-refractivity contribution in [1.29, 1.82) is 0 Å². The van der Waals surface area contributed by atoms with Crippen LogP contribution in [0.25, 0.3) is 0 Å². The van der Waals surface area contributed by atoms with E-state index in [4.69, 9.17) is 4.55 Å². The molecule has 0 radical (unpaired) electrons. The van der Waals surface area contributed by atoms with E-state index in [1.54, 1.807) is 0 Å². The Balaban J connectivity index is 3.70. The largest absolute Gasteiger partial charge is 0.460 e. The van der Waals surface area contributed by atoms with Crippen molar-refractivity contribution in [2.24, 2.45) is 0 Å². The van der Waals surface area contributed by atoms with E-state index < -0.39 is 23.4 Å². The van der Waals surface area contributed by atoms with Crippen LogP contribution in [0.15, 0.2) is 12.2 Å². The van der Waals surface area contributed by atoms with Crippen LogP contribution in [0.1, 0.15) is 13.8 Å². The Morgan fingerprint density at radius 3 is 2.62 bits per heavy atom. The third-order valence-corrected chi connectivity index (χ3v) is 1.54. The summed E-state index contributed by atoms with van der Waals surface area (Å²) in [5.74, 6) is -0.542. The van der Waals surface area contributed by atoms with Crippen LogP contribution in [0.4, 0.5) is 0 Å². The normalized spacial score (nSPS) is 14.7. The van der Waals surface area contributed by atoms with E-state index >= 15 is 0 Å². The smallest absolute Gasteiger partial charge is 0.333 e. The summed E-state index contributed by atoms with van der Waals surface area (Å²) >= 11 is -2.33. The third-order valence-electron chi connectivity index (χ3n) is 1.04. The second kappa shape index (κ2) is 5.85. The van der Waals surface area contributed by atoms with Crippen LogP contribution in [-0.4, -0.2) is 27.4 Å². The number of rotatable bonds is 5. The molecule has 0 bridgehead atoms. The van der Waals surface area contributed by atoms with Gasteiger partial charge in [0.1, 0.15) is 12.7 Å². The molecule has 0 aliphatic carbocycles. The van der Waals surface area contributed by atoms with Crippen molar-refractivity contribution in [3.05, 3.63) is 12.2 Å². The molecule has 0 aromatic rings. The van der Waals surface area contributed by atoms with Crippen LogP contribution in [0.2, 0.25) is 0 Å². The van der Waals surface area contributed by atoms with Gasteiger partial charge in [-0.15, -0.1) is 0 Å². The summed E-state index contributed by atoms with van der Waals surface area (Å²) in [6.45, 7) is 6.32. The maximum atomic E-state index is 10.8. The summed E-state index contributed by atoms with van der Waals surface area (Å²) in [6, 6.07) is 0. The summed E-state index contributed by atoms with van der Waals surface area (Å²) in [4.78, 5) is 10.8. The highest BCUT2D eigenvalue weighted by Gasteiger charge is 2.10. The minimum Gasteiger partial charge on any atom is -0.460 e. The average Bonchev–Trinajstić information content (AvgIpc) is 1.98. The molecule has 0 aliphatic heterocycles. The van der Waals surface area contributed by atoms with E-state index in [-0.39, 0.29) is 12.2 Å². The van der Waals surface area contributed by atoms with Gasteiger partial charge in [0.25, 0.3) is 0 Å². The Morgan fingerprint density at radius 2 is 2.23 bits per heavy atom. The van der Waals surface area contributed by atoms with E-state index in [1.807, 2.05) is 0 Å². The monoisotopic (exact) mass is 208 g/mol. The molecule has 76 valence electrons. The lowest BCUT2D eigenvalue weighted by molar-refractivity contribution is -0.141. The summed E-state index contributed by atoms with van der Waals surface area (Å²) in [5, 5.41) is 0. The molecule has 0 amide bonds. The Kier molecular flexibility index (Phi) is 5.52. The van der Waals surface area contributed by atoms with E-state index in [2.05, 4.69) is 15.5 Å². The summed E-state index contributed by atoms with van der Waals surface area (Å²) in [6.07, 6.45) is -0.617. The molecule has 0 aromatic heterocycles. The second-order valence-electron chi connectivity index (χ2n) is 2.50. The lowest BCUT2D eigenvalue weighted by atomic mass is 10.3. The number of ether oxygens (including phenoxy) is 1. The summed E-state index contributed by atoms with van der Waals surface area (Å²) in [5.41, 5.74) is 0.275. The van der Waals surface area contributed by atoms with Gasteiger partial charge in [0.2, 0.25) is 0 Å². The second-order valence-corrected chi connectivity index (χ2v) is 3.13. The van der Waals surface area contributed by atoms with Gasteiger partial charge in [-0.3, -0.25) is 8.74 Å². The number of carbonyl (C=O) groups is 1. The molecular formula is C7H12O5S. The van der Waals surface area contributed by atoms with Gasteiger partial charge < -0.3 is 4.74 Å². The van der Waals surface area contributed by atoms with Crippen molar-refractivity contribution < 1.29 is 22.5 Å². The molecule has 0 aromatic carbocycles. The van der Waals surface area contributed by atoms with Crippen molar-refractivity contribution in [2.75, 3.05) is 6.61 Å². The van der Waals surface area contributed by atoms with Gasteiger partial charge in [-0.2, -0.15) is 4.21 Å². The van der Waals surface area contributed by atoms with Crippen LogP contribution in [0.3, 0.4) is 0 Å². The molecule has 2 atom stereocenters. The highest BCUT2D eigenvalue weighted by Crippen LogP contribution is 1.97. The fraction of sp³-hybridized carbons (Fsp3) is 0.571. The average molecular weight is 208 g/mol. The van der Waals surface area contributed by atoms with Crippen LogP contribution in [0, 0.1) is 0 Å². The Bertz CT molecular complexity index is 225. The molecule has 0 aliphatic rings. The predicted octanol–water partition coefficient (Wildman–Crippen LogP) is 0.648. The van der Waals surface area contributed by atoms with Gasteiger partial charge in [0.05, 0.1) is 0 Å². The van der Waals surface area contributed by atoms with E-state index in [1.165, 1.54) is 13.8 Å². The SMILES string of the molecule is C=C(C)C(=O)OCC(C)OS(=O)O. The van der Waals surface area contributed by atoms with Gasteiger partial charge in [-0.1, -0.05) is 6.58 Å². The highest BCUT2D eigenvalue weighted by atomic mass is 32.2. The van der Waals surface area contributed by atoms with Gasteiger partial charge in [0.15, 0.2) is 0 Å². The highest BCUT2D eigenvalue weighted by molar-refractivity contribution is 7.74. The molecule has 0 heterocycles. The van der Waals surface area contributed by atoms with Crippen LogP contribution in [-0.2, 0) is 25.1 Å². The molecule has 1 N–H and O–H groups in total. The Hall–Kier alpha value is -0.720. The zero-order chi connectivity index (χ0) is 10.4. The van der Waals surface area contributed by atoms with E-state index in [9.17, 15) is 9.00 Å². The van der Waals surface area contributed by atoms with Crippen molar-refractivity contribution in [1.82, 2.24) is 0 Å². The third kappa shape index (κ3) is 6.44. The predicted molar refractivity (Wildman–Crippen MR) is 47.1 cm³/mol. The summed E-state index contributed by atoms with van der Waals surface area (Å²) < 4.78 is 27.5. The maximum absolute atomic E-state index is 10.8. The van der Waals surface area contributed by atoms with Crippen LogP contribution >= 0.6 is 0 Å². The topological polar surface area (TPSA) is 72.8 Å². The Morgan fingerprint density at radius 1 is 1.69 bits per heavy atom. The zero-order valence-electron chi connectivity index (χ0n) is 7.48. The lowest BCUT2D eigenvalue weighted by Gasteiger charge is -2.09. The van der Waals surface area contributed by atoms with Crippen molar-refractivity contribution in [3.8, 4) is 0 Å².